The SMILES string of the molecule is Cc1cc(COCC2CCOC2)oc1CNC(C)C. The van der Waals surface area contributed by atoms with Crippen molar-refractivity contribution >= 4 is 0 Å². The van der Waals surface area contributed by atoms with Crippen molar-refractivity contribution in [1.29, 1.82) is 0 Å². The molecule has 19 heavy (non-hydrogen) atoms. The van der Waals surface area contributed by atoms with E-state index in [0.717, 1.165) is 44.3 Å². The third-order valence-corrected chi connectivity index (χ3v) is 3.36. The second-order valence-electron chi connectivity index (χ2n) is 5.60. The lowest BCUT2D eigenvalue weighted by atomic mass is 10.1. The molecule has 4 heteroatoms. The number of hydrogen-bond acceptors (Lipinski definition) is 4. The standard InChI is InChI=1S/C15H25NO3/c1-11(2)16-7-15-12(3)6-14(19-15)10-18-9-13-4-5-17-8-13/h6,11,13,16H,4-5,7-10H2,1-3H3. The minimum atomic E-state index is 0.464. The first-order valence-electron chi connectivity index (χ1n) is 7.12. The van der Waals surface area contributed by atoms with E-state index in [2.05, 4.69) is 32.2 Å². The molecule has 1 fully saturated rings. The van der Waals surface area contributed by atoms with Crippen LogP contribution in [0.3, 0.4) is 0 Å². The van der Waals surface area contributed by atoms with Gasteiger partial charge in [0.2, 0.25) is 0 Å². The average Bonchev–Trinajstić information content (AvgIpc) is 2.97. The second kappa shape index (κ2) is 7.08. The average molecular weight is 267 g/mol. The quantitative estimate of drug-likeness (QED) is 0.825. The predicted molar refractivity (Wildman–Crippen MR) is 74.0 cm³/mol. The summed E-state index contributed by atoms with van der Waals surface area (Å²) in [7, 11) is 0. The van der Waals surface area contributed by atoms with Gasteiger partial charge in [-0.2, -0.15) is 0 Å². The van der Waals surface area contributed by atoms with Gasteiger partial charge in [0.1, 0.15) is 18.1 Å². The molecule has 1 atom stereocenters. The van der Waals surface area contributed by atoms with Crippen LogP contribution < -0.4 is 5.32 Å². The van der Waals surface area contributed by atoms with Crippen molar-refractivity contribution in [3.8, 4) is 0 Å². The molecule has 2 rings (SSSR count). The molecule has 0 amide bonds. The summed E-state index contributed by atoms with van der Waals surface area (Å²) in [4.78, 5) is 0. The Kier molecular flexibility index (Phi) is 5.43. The zero-order valence-corrected chi connectivity index (χ0v) is 12.2. The molecule has 1 aliphatic heterocycles. The van der Waals surface area contributed by atoms with E-state index >= 15 is 0 Å². The summed E-state index contributed by atoms with van der Waals surface area (Å²) in [6.07, 6.45) is 1.11. The van der Waals surface area contributed by atoms with Crippen LogP contribution in [0.5, 0.6) is 0 Å². The topological polar surface area (TPSA) is 43.6 Å². The number of rotatable bonds is 7. The highest BCUT2D eigenvalue weighted by Gasteiger charge is 2.16. The molecule has 0 spiro atoms. The summed E-state index contributed by atoms with van der Waals surface area (Å²) >= 11 is 0. The minimum absolute atomic E-state index is 0.464. The smallest absolute Gasteiger partial charge is 0.130 e. The Balaban J connectivity index is 1.75. The van der Waals surface area contributed by atoms with Crippen LogP contribution >= 0.6 is 0 Å². The molecule has 1 N–H and O–H groups in total. The molecule has 1 aromatic rings. The van der Waals surface area contributed by atoms with Gasteiger partial charge in [-0.1, -0.05) is 13.8 Å². The van der Waals surface area contributed by atoms with Crippen LogP contribution in [0.15, 0.2) is 10.5 Å². The van der Waals surface area contributed by atoms with Crippen LogP contribution in [0, 0.1) is 12.8 Å². The summed E-state index contributed by atoms with van der Waals surface area (Å²) in [6, 6.07) is 2.54. The fourth-order valence-electron chi connectivity index (χ4n) is 2.17. The highest BCUT2D eigenvalue weighted by Crippen LogP contribution is 2.17. The van der Waals surface area contributed by atoms with Crippen LogP contribution in [-0.4, -0.2) is 25.9 Å². The monoisotopic (exact) mass is 267 g/mol. The highest BCUT2D eigenvalue weighted by atomic mass is 16.5. The molecule has 0 aliphatic carbocycles. The Bertz CT molecular complexity index is 381. The van der Waals surface area contributed by atoms with Gasteiger partial charge in [0.25, 0.3) is 0 Å². The normalized spacial score (nSPS) is 19.5. The van der Waals surface area contributed by atoms with Crippen LogP contribution in [-0.2, 0) is 22.6 Å². The van der Waals surface area contributed by atoms with E-state index in [-0.39, 0.29) is 0 Å². The third kappa shape index (κ3) is 4.64. The van der Waals surface area contributed by atoms with Gasteiger partial charge in [0.05, 0.1) is 19.8 Å². The maximum atomic E-state index is 5.81. The Morgan fingerprint density at radius 3 is 3.00 bits per heavy atom. The van der Waals surface area contributed by atoms with Crippen molar-refractivity contribution in [3.63, 3.8) is 0 Å². The van der Waals surface area contributed by atoms with Crippen molar-refractivity contribution < 1.29 is 13.9 Å². The van der Waals surface area contributed by atoms with E-state index in [1.165, 1.54) is 5.56 Å². The van der Waals surface area contributed by atoms with Gasteiger partial charge in [-0.15, -0.1) is 0 Å². The highest BCUT2D eigenvalue weighted by molar-refractivity contribution is 5.19. The fraction of sp³-hybridized carbons (Fsp3) is 0.733. The maximum Gasteiger partial charge on any atom is 0.130 e. The van der Waals surface area contributed by atoms with Gasteiger partial charge < -0.3 is 19.2 Å². The van der Waals surface area contributed by atoms with Crippen molar-refractivity contribution in [2.24, 2.45) is 5.92 Å². The zero-order valence-electron chi connectivity index (χ0n) is 12.2. The van der Waals surface area contributed by atoms with Gasteiger partial charge in [0, 0.05) is 18.6 Å². The number of hydrogen-bond donors (Lipinski definition) is 1. The van der Waals surface area contributed by atoms with Crippen molar-refractivity contribution in [2.75, 3.05) is 19.8 Å². The summed E-state index contributed by atoms with van der Waals surface area (Å²) in [6.45, 7) is 10.1. The zero-order chi connectivity index (χ0) is 13.7. The number of nitrogens with one attached hydrogen (secondary N) is 1. The maximum absolute atomic E-state index is 5.81. The number of aryl methyl sites for hydroxylation is 1. The van der Waals surface area contributed by atoms with Gasteiger partial charge >= 0.3 is 0 Å². The van der Waals surface area contributed by atoms with E-state index in [1.54, 1.807) is 0 Å². The minimum Gasteiger partial charge on any atom is -0.462 e. The van der Waals surface area contributed by atoms with E-state index in [0.29, 0.717) is 18.6 Å². The van der Waals surface area contributed by atoms with Crippen LogP contribution in [0.4, 0.5) is 0 Å². The molecule has 0 saturated carbocycles. The Morgan fingerprint density at radius 2 is 2.32 bits per heavy atom. The molecule has 1 unspecified atom stereocenters. The Labute approximate surface area is 115 Å². The largest absolute Gasteiger partial charge is 0.462 e. The molecule has 2 heterocycles. The van der Waals surface area contributed by atoms with E-state index in [1.807, 2.05) is 0 Å². The molecular weight excluding hydrogens is 242 g/mol. The lowest BCUT2D eigenvalue weighted by molar-refractivity contribution is 0.0684. The summed E-state index contributed by atoms with van der Waals surface area (Å²) < 4.78 is 16.8. The molecule has 1 aromatic heterocycles. The van der Waals surface area contributed by atoms with Crippen LogP contribution in [0.2, 0.25) is 0 Å². The van der Waals surface area contributed by atoms with Gasteiger partial charge in [-0.25, -0.2) is 0 Å². The lowest BCUT2D eigenvalue weighted by Crippen LogP contribution is -2.21. The number of furan rings is 1. The van der Waals surface area contributed by atoms with E-state index < -0.39 is 0 Å². The summed E-state index contributed by atoms with van der Waals surface area (Å²) in [5.41, 5.74) is 1.19. The molecule has 108 valence electrons. The first-order valence-corrected chi connectivity index (χ1v) is 7.12. The van der Waals surface area contributed by atoms with Gasteiger partial charge in [-0.3, -0.25) is 0 Å². The molecule has 1 aliphatic rings. The number of ether oxygens (including phenoxy) is 2. The van der Waals surface area contributed by atoms with Gasteiger partial charge in [-0.05, 0) is 25.0 Å². The predicted octanol–water partition coefficient (Wildman–Crippen LogP) is 2.64. The lowest BCUT2D eigenvalue weighted by Gasteiger charge is -2.07. The molecule has 0 radical (unpaired) electrons. The van der Waals surface area contributed by atoms with E-state index in [9.17, 15) is 0 Å². The van der Waals surface area contributed by atoms with Crippen LogP contribution in [0.25, 0.3) is 0 Å². The summed E-state index contributed by atoms with van der Waals surface area (Å²) in [5.74, 6) is 2.48. The molecule has 1 saturated heterocycles. The van der Waals surface area contributed by atoms with Crippen molar-refractivity contribution in [1.82, 2.24) is 5.32 Å². The van der Waals surface area contributed by atoms with Crippen molar-refractivity contribution in [2.45, 2.75) is 46.4 Å². The third-order valence-electron chi connectivity index (χ3n) is 3.36. The molecule has 4 nitrogen and oxygen atoms in total. The Morgan fingerprint density at radius 1 is 1.47 bits per heavy atom. The fourth-order valence-corrected chi connectivity index (χ4v) is 2.17. The van der Waals surface area contributed by atoms with Gasteiger partial charge in [0.15, 0.2) is 0 Å². The first-order chi connectivity index (χ1) is 9.15. The van der Waals surface area contributed by atoms with Crippen molar-refractivity contribution in [3.05, 3.63) is 23.2 Å². The molecule has 0 aromatic carbocycles. The molecular formula is C15H25NO3. The second-order valence-corrected chi connectivity index (χ2v) is 5.60. The van der Waals surface area contributed by atoms with Crippen LogP contribution in [0.1, 0.15) is 37.4 Å². The first kappa shape index (κ1) is 14.6. The Hall–Kier alpha value is -0.840. The molecule has 0 bridgehead atoms. The summed E-state index contributed by atoms with van der Waals surface area (Å²) in [5, 5.41) is 3.37. The van der Waals surface area contributed by atoms with E-state index in [4.69, 9.17) is 13.9 Å².